The van der Waals surface area contributed by atoms with Gasteiger partial charge in [0.1, 0.15) is 6.04 Å². The highest BCUT2D eigenvalue weighted by Gasteiger charge is 2.52. The maximum Gasteiger partial charge on any atom is 0.251 e. The number of para-hydroxylation sites is 1. The van der Waals surface area contributed by atoms with Crippen LogP contribution in [0.3, 0.4) is 0 Å². The van der Waals surface area contributed by atoms with Gasteiger partial charge in [-0.15, -0.1) is 0 Å². The molecule has 11 heavy (non-hydrogen) atoms. The highest BCUT2D eigenvalue weighted by atomic mass is 16.2. The first-order valence-corrected chi connectivity index (χ1v) is 3.79. The number of carbonyl (C=O) groups excluding carboxylic acids is 1. The van der Waals surface area contributed by atoms with Crippen LogP contribution in [0.4, 0.5) is 5.69 Å². The maximum atomic E-state index is 11.0. The average molecular weight is 145 g/mol. The number of hydrogen-bond acceptors (Lipinski definition) is 1. The van der Waals surface area contributed by atoms with Crippen LogP contribution in [-0.2, 0) is 11.2 Å². The normalized spacial score (nSPS) is 24.9. The predicted molar refractivity (Wildman–Crippen MR) is 41.4 cm³/mol. The molecule has 0 bridgehead atoms. The molecule has 0 aromatic heterocycles. The third-order valence-corrected chi connectivity index (χ3v) is 2.43. The topological polar surface area (TPSA) is 20.1 Å². The molecule has 1 aromatic rings. The summed E-state index contributed by atoms with van der Waals surface area (Å²) in [4.78, 5) is 12.9. The zero-order chi connectivity index (χ0) is 7.42. The average Bonchev–Trinajstić information content (AvgIpc) is 2.55. The van der Waals surface area contributed by atoms with Crippen molar-refractivity contribution in [1.29, 1.82) is 0 Å². The molecule has 1 unspecified atom stereocenters. The Hall–Kier alpha value is -1.31. The molecule has 0 spiro atoms. The molecule has 1 amide bonds. The van der Waals surface area contributed by atoms with E-state index < -0.39 is 0 Å². The van der Waals surface area contributed by atoms with Crippen LogP contribution in [0.2, 0.25) is 0 Å². The lowest BCUT2D eigenvalue weighted by atomic mass is 10.1. The van der Waals surface area contributed by atoms with Crippen LogP contribution < -0.4 is 4.90 Å². The lowest BCUT2D eigenvalue weighted by molar-refractivity contribution is -0.110. The molecular weight excluding hydrogens is 138 g/mol. The Bertz CT molecular complexity index is 345. The second-order valence-electron chi connectivity index (χ2n) is 3.06. The molecule has 3 rings (SSSR count). The lowest BCUT2D eigenvalue weighted by Crippen LogP contribution is -1.92. The van der Waals surface area contributed by atoms with Gasteiger partial charge >= 0.3 is 0 Å². The van der Waals surface area contributed by atoms with Crippen LogP contribution in [0, 0.1) is 0 Å². The van der Waals surface area contributed by atoms with E-state index in [2.05, 4.69) is 6.07 Å². The standard InChI is InChI=1S/C9H7NO/c11-9-8-5-6-3-1-2-4-7(6)10(8)9/h1-4,8H,5H2. The molecule has 1 fully saturated rings. The SMILES string of the molecule is O=C1C2Cc3ccccc3N12. The molecule has 1 atom stereocenters. The smallest absolute Gasteiger partial charge is 0.251 e. The number of hydrogen-bond donors (Lipinski definition) is 0. The molecule has 2 aliphatic heterocycles. The molecular formula is C9H7NO. The molecule has 0 saturated carbocycles. The van der Waals surface area contributed by atoms with Crippen molar-refractivity contribution in [2.24, 2.45) is 0 Å². The molecule has 0 aliphatic carbocycles. The third kappa shape index (κ3) is 0.507. The Morgan fingerprint density at radius 1 is 1.36 bits per heavy atom. The highest BCUT2D eigenvalue weighted by Crippen LogP contribution is 2.41. The minimum Gasteiger partial charge on any atom is -0.297 e. The number of fused-ring (bicyclic) bond motifs is 3. The van der Waals surface area contributed by atoms with Crippen LogP contribution in [0.15, 0.2) is 24.3 Å². The Morgan fingerprint density at radius 3 is 3.09 bits per heavy atom. The number of anilines is 1. The van der Waals surface area contributed by atoms with Gasteiger partial charge in [0.25, 0.3) is 5.91 Å². The summed E-state index contributed by atoms with van der Waals surface area (Å²) in [6.45, 7) is 0. The summed E-state index contributed by atoms with van der Waals surface area (Å²) in [5.41, 5.74) is 2.44. The molecule has 0 N–H and O–H groups in total. The van der Waals surface area contributed by atoms with E-state index in [1.807, 2.05) is 23.1 Å². The van der Waals surface area contributed by atoms with E-state index >= 15 is 0 Å². The van der Waals surface area contributed by atoms with Gasteiger partial charge in [-0.1, -0.05) is 18.2 Å². The van der Waals surface area contributed by atoms with E-state index in [0.29, 0.717) is 5.91 Å². The van der Waals surface area contributed by atoms with Gasteiger partial charge in [-0.3, -0.25) is 9.69 Å². The monoisotopic (exact) mass is 145 g/mol. The van der Waals surface area contributed by atoms with Gasteiger partial charge < -0.3 is 0 Å². The Morgan fingerprint density at radius 2 is 2.18 bits per heavy atom. The van der Waals surface area contributed by atoms with Gasteiger partial charge in [-0.25, -0.2) is 0 Å². The van der Waals surface area contributed by atoms with E-state index in [0.717, 1.165) is 12.1 Å². The summed E-state index contributed by atoms with van der Waals surface area (Å²) in [6.07, 6.45) is 0.926. The first-order valence-electron chi connectivity index (χ1n) is 3.79. The molecule has 54 valence electrons. The van der Waals surface area contributed by atoms with Gasteiger partial charge in [0, 0.05) is 12.1 Å². The second-order valence-corrected chi connectivity index (χ2v) is 3.06. The quantitative estimate of drug-likeness (QED) is 0.498. The van der Waals surface area contributed by atoms with Gasteiger partial charge in [-0.2, -0.15) is 0 Å². The molecule has 2 heterocycles. The van der Waals surface area contributed by atoms with Crippen molar-refractivity contribution in [2.75, 3.05) is 4.90 Å². The van der Waals surface area contributed by atoms with Crippen LogP contribution in [0.5, 0.6) is 0 Å². The van der Waals surface area contributed by atoms with Crippen molar-refractivity contribution < 1.29 is 4.79 Å². The zero-order valence-electron chi connectivity index (χ0n) is 5.95. The summed E-state index contributed by atoms with van der Waals surface area (Å²) in [6, 6.07) is 8.31. The van der Waals surface area contributed by atoms with Crippen molar-refractivity contribution in [3.05, 3.63) is 29.8 Å². The number of carbonyl (C=O) groups is 1. The van der Waals surface area contributed by atoms with Crippen LogP contribution in [0.1, 0.15) is 5.56 Å². The fraction of sp³-hybridized carbons (Fsp3) is 0.222. The fourth-order valence-electron chi connectivity index (χ4n) is 1.81. The summed E-state index contributed by atoms with van der Waals surface area (Å²) < 4.78 is 0. The fourth-order valence-corrected chi connectivity index (χ4v) is 1.81. The van der Waals surface area contributed by atoms with Gasteiger partial charge in [0.15, 0.2) is 0 Å². The third-order valence-electron chi connectivity index (χ3n) is 2.43. The molecule has 1 saturated heterocycles. The van der Waals surface area contributed by atoms with E-state index in [4.69, 9.17) is 0 Å². The summed E-state index contributed by atoms with van der Waals surface area (Å²) in [5.74, 6) is 0.295. The van der Waals surface area contributed by atoms with Crippen molar-refractivity contribution in [2.45, 2.75) is 12.5 Å². The van der Waals surface area contributed by atoms with Crippen LogP contribution >= 0.6 is 0 Å². The first kappa shape index (κ1) is 5.35. The van der Waals surface area contributed by atoms with Crippen molar-refractivity contribution in [3.63, 3.8) is 0 Å². The number of amides is 1. The summed E-state index contributed by atoms with van der Waals surface area (Å²) in [7, 11) is 0. The predicted octanol–water partition coefficient (Wildman–Crippen LogP) is 0.958. The summed E-state index contributed by atoms with van der Waals surface area (Å²) >= 11 is 0. The molecule has 2 heteroatoms. The van der Waals surface area contributed by atoms with Gasteiger partial charge in [0.2, 0.25) is 0 Å². The number of benzene rings is 1. The Balaban J connectivity index is 2.20. The lowest BCUT2D eigenvalue weighted by Gasteiger charge is -1.99. The highest BCUT2D eigenvalue weighted by molar-refractivity contribution is 6.18. The molecule has 1 aromatic carbocycles. The number of rotatable bonds is 0. The second kappa shape index (κ2) is 1.47. The zero-order valence-corrected chi connectivity index (χ0v) is 5.95. The molecule has 2 nitrogen and oxygen atoms in total. The van der Waals surface area contributed by atoms with Crippen molar-refractivity contribution in [1.82, 2.24) is 0 Å². The van der Waals surface area contributed by atoms with Crippen LogP contribution in [0.25, 0.3) is 0 Å². The van der Waals surface area contributed by atoms with E-state index in [9.17, 15) is 4.79 Å². The summed E-state index contributed by atoms with van der Waals surface area (Å²) in [5, 5.41) is 0. The van der Waals surface area contributed by atoms with E-state index in [1.165, 1.54) is 5.56 Å². The Labute approximate surface area is 64.4 Å². The molecule has 2 aliphatic rings. The van der Waals surface area contributed by atoms with Crippen LogP contribution in [-0.4, -0.2) is 11.9 Å². The first-order chi connectivity index (χ1) is 5.38. The molecule has 0 radical (unpaired) electrons. The van der Waals surface area contributed by atoms with E-state index in [-0.39, 0.29) is 6.04 Å². The van der Waals surface area contributed by atoms with E-state index in [1.54, 1.807) is 0 Å². The Kier molecular flexibility index (Phi) is 0.716. The number of nitrogens with zero attached hydrogens (tertiary/aromatic N) is 1. The van der Waals surface area contributed by atoms with Crippen molar-refractivity contribution >= 4 is 11.6 Å². The maximum absolute atomic E-state index is 11.0. The van der Waals surface area contributed by atoms with Crippen molar-refractivity contribution in [3.8, 4) is 0 Å². The largest absolute Gasteiger partial charge is 0.297 e. The van der Waals surface area contributed by atoms with Gasteiger partial charge in [-0.05, 0) is 11.6 Å². The van der Waals surface area contributed by atoms with Gasteiger partial charge in [0.05, 0.1) is 0 Å². The minimum atomic E-state index is 0.201. The minimum absolute atomic E-state index is 0.201.